The van der Waals surface area contributed by atoms with Crippen LogP contribution in [0.2, 0.25) is 0 Å². The maximum Gasteiger partial charge on any atom is 0.357 e. The van der Waals surface area contributed by atoms with Crippen molar-refractivity contribution in [2.24, 2.45) is 17.8 Å². The molecule has 0 bridgehead atoms. The van der Waals surface area contributed by atoms with Crippen LogP contribution in [-0.2, 0) is 4.74 Å². The first kappa shape index (κ1) is 23.0. The summed E-state index contributed by atoms with van der Waals surface area (Å²) < 4.78 is 5.25. The molecule has 0 saturated heterocycles. The number of pyridine rings is 1. The van der Waals surface area contributed by atoms with Crippen LogP contribution in [0.25, 0.3) is 11.1 Å². The summed E-state index contributed by atoms with van der Waals surface area (Å²) in [6, 6.07) is 9.21. The van der Waals surface area contributed by atoms with Crippen molar-refractivity contribution in [2.75, 3.05) is 6.61 Å². The van der Waals surface area contributed by atoms with Crippen molar-refractivity contribution in [3.63, 3.8) is 0 Å². The van der Waals surface area contributed by atoms with Gasteiger partial charge in [-0.2, -0.15) is 0 Å². The molecule has 5 heteroatoms. The number of ether oxygens (including phenoxy) is 1. The number of esters is 1. The molecule has 3 rings (SSSR count). The summed E-state index contributed by atoms with van der Waals surface area (Å²) in [7, 11) is 0. The molecule has 5 nitrogen and oxygen atoms in total. The molecule has 1 fully saturated rings. The number of carbonyl (C=O) groups excluding carboxylic acids is 1. The van der Waals surface area contributed by atoms with E-state index < -0.39 is 11.9 Å². The summed E-state index contributed by atoms with van der Waals surface area (Å²) in [6.07, 6.45) is 3.15. The highest BCUT2D eigenvalue weighted by Crippen LogP contribution is 2.47. The van der Waals surface area contributed by atoms with Crippen LogP contribution in [0.3, 0.4) is 0 Å². The summed E-state index contributed by atoms with van der Waals surface area (Å²) >= 11 is 0. The molecule has 1 aliphatic carbocycles. The zero-order valence-electron chi connectivity index (χ0n) is 19.1. The van der Waals surface area contributed by atoms with Crippen LogP contribution in [0.15, 0.2) is 30.3 Å². The topological polar surface area (TPSA) is 76.5 Å². The number of carbonyl (C=O) groups is 2. The lowest BCUT2D eigenvalue weighted by Crippen LogP contribution is -2.29. The molecule has 1 saturated carbocycles. The normalized spacial score (nSPS) is 21.2. The average molecular weight is 424 g/mol. The van der Waals surface area contributed by atoms with Crippen molar-refractivity contribution in [3.8, 4) is 11.1 Å². The van der Waals surface area contributed by atoms with Crippen molar-refractivity contribution < 1.29 is 19.4 Å². The predicted molar refractivity (Wildman–Crippen MR) is 121 cm³/mol. The number of hydrogen-bond donors (Lipinski definition) is 1. The van der Waals surface area contributed by atoms with E-state index in [1.54, 1.807) is 6.92 Å². The molecule has 2 aromatic rings. The first-order chi connectivity index (χ1) is 14.8. The van der Waals surface area contributed by atoms with E-state index in [1.165, 1.54) is 0 Å². The van der Waals surface area contributed by atoms with Gasteiger partial charge in [-0.15, -0.1) is 0 Å². The summed E-state index contributed by atoms with van der Waals surface area (Å²) in [4.78, 5) is 30.2. The standard InChI is InChI=1S/C26H33NO4/c1-6-31-26(30)24-22(18-10-8-7-9-11-18)23(25(28)29)21(17(5)27-24)20-14-16(4)12-13-19(20)15(2)3/h7-11,15-16,19-20H,6,12-14H2,1-5H3,(H,28,29)/t16-,19+,20-/m1/s1. The van der Waals surface area contributed by atoms with E-state index in [0.29, 0.717) is 34.6 Å². The Morgan fingerprint density at radius 1 is 1.19 bits per heavy atom. The Labute approximate surface area is 184 Å². The van der Waals surface area contributed by atoms with Crippen LogP contribution < -0.4 is 0 Å². The van der Waals surface area contributed by atoms with Gasteiger partial charge >= 0.3 is 11.9 Å². The van der Waals surface area contributed by atoms with Crippen molar-refractivity contribution in [3.05, 3.63) is 52.8 Å². The number of rotatable bonds is 6. The number of carboxylic acids is 1. The zero-order chi connectivity index (χ0) is 22.7. The van der Waals surface area contributed by atoms with Crippen molar-refractivity contribution >= 4 is 11.9 Å². The number of benzene rings is 1. The number of aryl methyl sites for hydroxylation is 1. The fraction of sp³-hybridized carbons (Fsp3) is 0.500. The van der Waals surface area contributed by atoms with Crippen molar-refractivity contribution in [1.29, 1.82) is 0 Å². The molecule has 1 heterocycles. The van der Waals surface area contributed by atoms with Gasteiger partial charge in [-0.25, -0.2) is 14.6 Å². The summed E-state index contributed by atoms with van der Waals surface area (Å²) in [5.74, 6) is -0.177. The van der Waals surface area contributed by atoms with Crippen LogP contribution >= 0.6 is 0 Å². The largest absolute Gasteiger partial charge is 0.478 e. The minimum atomic E-state index is -1.02. The molecular weight excluding hydrogens is 390 g/mol. The predicted octanol–water partition coefficient (Wildman–Crippen LogP) is 6.11. The number of hydrogen-bond acceptors (Lipinski definition) is 4. The fourth-order valence-corrected chi connectivity index (χ4v) is 5.16. The Bertz CT molecular complexity index is 952. The maximum absolute atomic E-state index is 12.8. The lowest BCUT2D eigenvalue weighted by Gasteiger charge is -2.39. The molecule has 0 spiro atoms. The molecule has 1 N–H and O–H groups in total. The second-order valence-corrected chi connectivity index (χ2v) is 9.03. The maximum atomic E-state index is 12.8. The lowest BCUT2D eigenvalue weighted by molar-refractivity contribution is 0.0520. The number of aromatic carboxylic acids is 1. The van der Waals surface area contributed by atoms with E-state index in [4.69, 9.17) is 4.74 Å². The Morgan fingerprint density at radius 3 is 2.45 bits per heavy atom. The van der Waals surface area contributed by atoms with Gasteiger partial charge in [0, 0.05) is 11.3 Å². The van der Waals surface area contributed by atoms with E-state index in [0.717, 1.165) is 24.8 Å². The van der Waals surface area contributed by atoms with Crippen LogP contribution in [0.5, 0.6) is 0 Å². The highest BCUT2D eigenvalue weighted by molar-refractivity contribution is 6.05. The summed E-state index contributed by atoms with van der Waals surface area (Å²) in [5, 5.41) is 10.4. The lowest BCUT2D eigenvalue weighted by atomic mass is 9.66. The van der Waals surface area contributed by atoms with Gasteiger partial charge in [-0.05, 0) is 61.5 Å². The van der Waals surface area contributed by atoms with Gasteiger partial charge in [0.25, 0.3) is 0 Å². The Morgan fingerprint density at radius 2 is 1.87 bits per heavy atom. The molecule has 0 amide bonds. The molecule has 3 atom stereocenters. The highest BCUT2D eigenvalue weighted by atomic mass is 16.5. The van der Waals surface area contributed by atoms with Gasteiger partial charge < -0.3 is 9.84 Å². The summed E-state index contributed by atoms with van der Waals surface area (Å²) in [6.45, 7) is 10.4. The van der Waals surface area contributed by atoms with Crippen molar-refractivity contribution in [2.45, 2.75) is 59.8 Å². The molecule has 0 unspecified atom stereocenters. The molecule has 166 valence electrons. The van der Waals surface area contributed by atoms with Gasteiger partial charge in [0.1, 0.15) is 0 Å². The van der Waals surface area contributed by atoms with Crippen LogP contribution in [-0.4, -0.2) is 28.6 Å². The van der Waals surface area contributed by atoms with Crippen LogP contribution in [0.4, 0.5) is 0 Å². The Hall–Kier alpha value is -2.69. The van der Waals surface area contributed by atoms with E-state index in [9.17, 15) is 14.7 Å². The monoisotopic (exact) mass is 423 g/mol. The average Bonchev–Trinajstić information content (AvgIpc) is 2.73. The second kappa shape index (κ2) is 9.63. The van der Waals surface area contributed by atoms with E-state index in [2.05, 4.69) is 25.8 Å². The third-order valence-corrected chi connectivity index (χ3v) is 6.56. The number of carboxylic acid groups (broad SMARTS) is 1. The van der Waals surface area contributed by atoms with Crippen LogP contribution in [0.1, 0.15) is 85.0 Å². The van der Waals surface area contributed by atoms with Gasteiger partial charge in [0.2, 0.25) is 0 Å². The van der Waals surface area contributed by atoms with E-state index in [1.807, 2.05) is 37.3 Å². The minimum absolute atomic E-state index is 0.0802. The molecule has 1 aromatic heterocycles. The SMILES string of the molecule is CCOC(=O)c1nc(C)c([C@@H]2C[C@H](C)CC[C@H]2C(C)C)c(C(=O)O)c1-c1ccccc1. The van der Waals surface area contributed by atoms with Gasteiger partial charge in [0.15, 0.2) is 5.69 Å². The molecule has 1 aliphatic rings. The first-order valence-corrected chi connectivity index (χ1v) is 11.3. The third kappa shape index (κ3) is 4.65. The van der Waals surface area contributed by atoms with E-state index in [-0.39, 0.29) is 23.8 Å². The minimum Gasteiger partial charge on any atom is -0.478 e. The van der Waals surface area contributed by atoms with Crippen molar-refractivity contribution in [1.82, 2.24) is 4.98 Å². The highest BCUT2D eigenvalue weighted by Gasteiger charge is 2.38. The number of nitrogens with zero attached hydrogens (tertiary/aromatic N) is 1. The molecule has 31 heavy (non-hydrogen) atoms. The number of aromatic nitrogens is 1. The molecule has 0 radical (unpaired) electrons. The Balaban J connectivity index is 2.35. The van der Waals surface area contributed by atoms with Gasteiger partial charge in [0.05, 0.1) is 12.2 Å². The van der Waals surface area contributed by atoms with Crippen LogP contribution in [0, 0.1) is 24.7 Å². The molecular formula is C26H33NO4. The zero-order valence-corrected chi connectivity index (χ0v) is 19.1. The quantitative estimate of drug-likeness (QED) is 0.567. The first-order valence-electron chi connectivity index (χ1n) is 11.3. The Kier molecular flexibility index (Phi) is 7.14. The fourth-order valence-electron chi connectivity index (χ4n) is 5.16. The van der Waals surface area contributed by atoms with E-state index >= 15 is 0 Å². The third-order valence-electron chi connectivity index (χ3n) is 6.56. The molecule has 1 aromatic carbocycles. The van der Waals surface area contributed by atoms with Gasteiger partial charge in [-0.1, -0.05) is 57.5 Å². The van der Waals surface area contributed by atoms with Gasteiger partial charge in [-0.3, -0.25) is 0 Å². The summed E-state index contributed by atoms with van der Waals surface area (Å²) in [5.41, 5.74) is 2.72. The molecule has 0 aliphatic heterocycles. The second-order valence-electron chi connectivity index (χ2n) is 9.03. The smallest absolute Gasteiger partial charge is 0.357 e.